The summed E-state index contributed by atoms with van der Waals surface area (Å²) in [7, 11) is 0. The number of aryl methyl sites for hydroxylation is 1. The fourth-order valence-corrected chi connectivity index (χ4v) is 2.79. The van der Waals surface area contributed by atoms with E-state index in [1.807, 2.05) is 20.8 Å². The van der Waals surface area contributed by atoms with E-state index >= 15 is 0 Å². The number of hydrogen-bond acceptors (Lipinski definition) is 6. The Bertz CT molecular complexity index is 815. The predicted octanol–water partition coefficient (Wildman–Crippen LogP) is 2.36. The number of hydrogen-bond donors (Lipinski definition) is 0. The number of aromatic nitrogens is 3. The Labute approximate surface area is 157 Å². The first-order valence-electron chi connectivity index (χ1n) is 8.94. The summed E-state index contributed by atoms with van der Waals surface area (Å²) in [6, 6.07) is 4.74. The van der Waals surface area contributed by atoms with E-state index in [1.165, 1.54) is 12.3 Å². The highest BCUT2D eigenvalue weighted by Crippen LogP contribution is 2.17. The van der Waals surface area contributed by atoms with Crippen LogP contribution < -0.4 is 4.74 Å². The van der Waals surface area contributed by atoms with Crippen molar-refractivity contribution in [1.82, 2.24) is 19.9 Å². The number of ether oxygens (including phenoxy) is 2. The summed E-state index contributed by atoms with van der Waals surface area (Å²) in [5, 5.41) is 0. The van der Waals surface area contributed by atoms with E-state index < -0.39 is 11.9 Å². The maximum Gasteiger partial charge on any atom is 0.258 e. The average molecular weight is 374 g/mol. The van der Waals surface area contributed by atoms with Crippen molar-refractivity contribution in [2.24, 2.45) is 0 Å². The second-order valence-electron chi connectivity index (χ2n) is 6.76. The Morgan fingerprint density at radius 2 is 2.26 bits per heavy atom. The molecule has 1 fully saturated rings. The summed E-state index contributed by atoms with van der Waals surface area (Å²) >= 11 is 0. The van der Waals surface area contributed by atoms with Gasteiger partial charge in [0.05, 0.1) is 18.7 Å². The van der Waals surface area contributed by atoms with E-state index in [0.717, 1.165) is 11.5 Å². The molecule has 0 saturated carbocycles. The highest BCUT2D eigenvalue weighted by atomic mass is 19.1. The number of pyridine rings is 1. The molecule has 0 bridgehead atoms. The molecule has 1 saturated heterocycles. The molecule has 1 aliphatic rings. The van der Waals surface area contributed by atoms with Gasteiger partial charge in [-0.1, -0.05) is 13.8 Å². The zero-order valence-electron chi connectivity index (χ0n) is 15.7. The SMILES string of the molecule is Cc1cc(OCC2CN(C(=O)c3cccnc3F)CCO2)nc(C(C)C)n1. The van der Waals surface area contributed by atoms with Crippen LogP contribution in [0.15, 0.2) is 24.4 Å². The van der Waals surface area contributed by atoms with Crippen LogP contribution in [0.2, 0.25) is 0 Å². The Hall–Kier alpha value is -2.61. The molecule has 2 aromatic heterocycles. The molecule has 7 nitrogen and oxygen atoms in total. The first kappa shape index (κ1) is 19.2. The first-order valence-corrected chi connectivity index (χ1v) is 8.94. The van der Waals surface area contributed by atoms with Crippen LogP contribution >= 0.6 is 0 Å². The number of halogens is 1. The lowest BCUT2D eigenvalue weighted by Crippen LogP contribution is -2.47. The number of carbonyl (C=O) groups is 1. The topological polar surface area (TPSA) is 77.4 Å². The fourth-order valence-electron chi connectivity index (χ4n) is 2.79. The molecule has 1 unspecified atom stereocenters. The molecule has 0 aromatic carbocycles. The zero-order chi connectivity index (χ0) is 19.4. The van der Waals surface area contributed by atoms with E-state index in [-0.39, 0.29) is 24.2 Å². The highest BCUT2D eigenvalue weighted by Gasteiger charge is 2.27. The predicted molar refractivity (Wildman–Crippen MR) is 96.2 cm³/mol. The third-order valence-electron chi connectivity index (χ3n) is 4.20. The van der Waals surface area contributed by atoms with Gasteiger partial charge in [-0.2, -0.15) is 9.37 Å². The Morgan fingerprint density at radius 1 is 1.44 bits per heavy atom. The highest BCUT2D eigenvalue weighted by molar-refractivity contribution is 5.94. The summed E-state index contributed by atoms with van der Waals surface area (Å²) in [4.78, 5) is 26.4. The number of carbonyl (C=O) groups excluding carboxylic acids is 1. The van der Waals surface area contributed by atoms with Gasteiger partial charge >= 0.3 is 0 Å². The van der Waals surface area contributed by atoms with Gasteiger partial charge in [-0.05, 0) is 19.1 Å². The van der Waals surface area contributed by atoms with Crippen LogP contribution in [0.5, 0.6) is 5.88 Å². The molecule has 27 heavy (non-hydrogen) atoms. The fraction of sp³-hybridized carbons (Fsp3) is 0.474. The van der Waals surface area contributed by atoms with Crippen molar-refractivity contribution in [3.63, 3.8) is 0 Å². The molecule has 0 aliphatic carbocycles. The number of morpholine rings is 1. The smallest absolute Gasteiger partial charge is 0.258 e. The quantitative estimate of drug-likeness (QED) is 0.748. The monoisotopic (exact) mass is 374 g/mol. The molecule has 0 N–H and O–H groups in total. The molecule has 3 heterocycles. The van der Waals surface area contributed by atoms with Crippen molar-refractivity contribution < 1.29 is 18.7 Å². The minimum Gasteiger partial charge on any atom is -0.475 e. The van der Waals surface area contributed by atoms with Gasteiger partial charge < -0.3 is 14.4 Å². The van der Waals surface area contributed by atoms with Crippen molar-refractivity contribution >= 4 is 5.91 Å². The maximum atomic E-state index is 13.8. The van der Waals surface area contributed by atoms with E-state index in [0.29, 0.717) is 25.6 Å². The third-order valence-corrected chi connectivity index (χ3v) is 4.20. The van der Waals surface area contributed by atoms with Gasteiger partial charge in [-0.25, -0.2) is 9.97 Å². The molecule has 0 radical (unpaired) electrons. The van der Waals surface area contributed by atoms with Crippen molar-refractivity contribution in [2.45, 2.75) is 32.8 Å². The summed E-state index contributed by atoms with van der Waals surface area (Å²) < 4.78 is 25.2. The van der Waals surface area contributed by atoms with Crippen LogP contribution in [-0.4, -0.2) is 58.2 Å². The maximum absolute atomic E-state index is 13.8. The van der Waals surface area contributed by atoms with Crippen LogP contribution in [0, 0.1) is 12.9 Å². The minimum absolute atomic E-state index is 0.0351. The number of nitrogens with zero attached hydrogens (tertiary/aromatic N) is 4. The zero-order valence-corrected chi connectivity index (χ0v) is 15.7. The van der Waals surface area contributed by atoms with Gasteiger partial charge in [-0.3, -0.25) is 4.79 Å². The lowest BCUT2D eigenvalue weighted by Gasteiger charge is -2.32. The van der Waals surface area contributed by atoms with Crippen molar-refractivity contribution in [3.05, 3.63) is 47.4 Å². The summed E-state index contributed by atoms with van der Waals surface area (Å²) in [5.41, 5.74) is 0.796. The molecular weight excluding hydrogens is 351 g/mol. The molecule has 144 valence electrons. The molecule has 3 rings (SSSR count). The van der Waals surface area contributed by atoms with Crippen LogP contribution in [0.1, 0.15) is 41.6 Å². The van der Waals surface area contributed by atoms with Gasteiger partial charge in [0.25, 0.3) is 5.91 Å². The standard InChI is InChI=1S/C19H23FN4O3/c1-12(2)18-22-13(3)9-16(23-18)27-11-14-10-24(7-8-26-14)19(25)15-5-4-6-21-17(15)20/h4-6,9,12,14H,7-8,10-11H2,1-3H3. The summed E-state index contributed by atoms with van der Waals surface area (Å²) in [6.07, 6.45) is 0.997. The van der Waals surface area contributed by atoms with Gasteiger partial charge in [0.1, 0.15) is 18.5 Å². The van der Waals surface area contributed by atoms with Crippen molar-refractivity contribution in [3.8, 4) is 5.88 Å². The van der Waals surface area contributed by atoms with Crippen LogP contribution in [0.3, 0.4) is 0 Å². The van der Waals surface area contributed by atoms with E-state index in [1.54, 1.807) is 17.0 Å². The third kappa shape index (κ3) is 4.77. The second-order valence-corrected chi connectivity index (χ2v) is 6.76. The molecule has 8 heteroatoms. The first-order chi connectivity index (χ1) is 12.9. The Kier molecular flexibility index (Phi) is 5.95. The second kappa shape index (κ2) is 8.39. The molecule has 2 aromatic rings. The normalized spacial score (nSPS) is 17.2. The van der Waals surface area contributed by atoms with Crippen molar-refractivity contribution in [2.75, 3.05) is 26.3 Å². The van der Waals surface area contributed by atoms with Crippen molar-refractivity contribution in [1.29, 1.82) is 0 Å². The van der Waals surface area contributed by atoms with Gasteiger partial charge in [0.15, 0.2) is 0 Å². The number of rotatable bonds is 5. The van der Waals surface area contributed by atoms with E-state index in [2.05, 4.69) is 15.0 Å². The molecule has 1 aliphatic heterocycles. The minimum atomic E-state index is -0.764. The lowest BCUT2D eigenvalue weighted by molar-refractivity contribution is -0.0409. The summed E-state index contributed by atoms with van der Waals surface area (Å²) in [6.45, 7) is 7.24. The van der Waals surface area contributed by atoms with E-state index in [9.17, 15) is 9.18 Å². The lowest BCUT2D eigenvalue weighted by atomic mass is 10.2. The van der Waals surface area contributed by atoms with E-state index in [4.69, 9.17) is 9.47 Å². The molecule has 1 atom stereocenters. The largest absolute Gasteiger partial charge is 0.475 e. The van der Waals surface area contributed by atoms with Crippen LogP contribution in [-0.2, 0) is 4.74 Å². The average Bonchev–Trinajstić information content (AvgIpc) is 2.66. The van der Waals surface area contributed by atoms with Gasteiger partial charge in [-0.15, -0.1) is 0 Å². The Balaban J connectivity index is 1.62. The molecule has 0 spiro atoms. The molecule has 1 amide bonds. The van der Waals surface area contributed by atoms with Gasteiger partial charge in [0, 0.05) is 30.4 Å². The summed E-state index contributed by atoms with van der Waals surface area (Å²) in [5.74, 6) is 0.240. The Morgan fingerprint density at radius 3 is 3.00 bits per heavy atom. The van der Waals surface area contributed by atoms with Gasteiger partial charge in [0.2, 0.25) is 11.8 Å². The molecular formula is C19H23FN4O3. The number of amides is 1. The van der Waals surface area contributed by atoms with Crippen LogP contribution in [0.4, 0.5) is 4.39 Å². The van der Waals surface area contributed by atoms with Crippen LogP contribution in [0.25, 0.3) is 0 Å².